The molecular weight excluding hydrogens is 392 g/mol. The number of carbonyl (C=O) groups excluding carboxylic acids is 3. The van der Waals surface area contributed by atoms with Crippen molar-refractivity contribution < 1.29 is 14.4 Å². The monoisotopic (exact) mass is 412 g/mol. The number of carbonyl (C=O) groups is 3. The predicted molar refractivity (Wildman–Crippen MR) is 109 cm³/mol. The third-order valence-electron chi connectivity index (χ3n) is 5.38. The maximum absolute atomic E-state index is 12.9. The second-order valence-electron chi connectivity index (χ2n) is 7.21. The molecule has 0 N–H and O–H groups in total. The van der Waals surface area contributed by atoms with E-state index >= 15 is 0 Å². The van der Waals surface area contributed by atoms with Gasteiger partial charge in [-0.05, 0) is 36.4 Å². The summed E-state index contributed by atoms with van der Waals surface area (Å²) in [5.74, 6) is -0.576. The molecule has 2 aromatic rings. The number of piperazine rings is 1. The van der Waals surface area contributed by atoms with Gasteiger partial charge in [0, 0.05) is 56.1 Å². The second-order valence-corrected chi connectivity index (χ2v) is 7.65. The molecule has 0 spiro atoms. The molecule has 29 heavy (non-hydrogen) atoms. The van der Waals surface area contributed by atoms with Crippen LogP contribution in [0.15, 0.2) is 48.7 Å². The van der Waals surface area contributed by atoms with Crippen LogP contribution in [-0.4, -0.2) is 65.2 Å². The number of hydrogen-bond donors (Lipinski definition) is 0. The van der Waals surface area contributed by atoms with Crippen molar-refractivity contribution in [2.24, 2.45) is 5.92 Å². The summed E-state index contributed by atoms with van der Waals surface area (Å²) < 4.78 is 0. The Hall–Kier alpha value is -2.93. The van der Waals surface area contributed by atoms with Crippen LogP contribution in [0.2, 0.25) is 5.02 Å². The van der Waals surface area contributed by atoms with Crippen molar-refractivity contribution in [3.05, 3.63) is 59.4 Å². The first-order valence-electron chi connectivity index (χ1n) is 9.58. The fourth-order valence-electron chi connectivity index (χ4n) is 3.78. The number of amides is 3. The Labute approximate surface area is 173 Å². The zero-order valence-corrected chi connectivity index (χ0v) is 16.6. The Kier molecular flexibility index (Phi) is 5.49. The molecule has 1 aromatic carbocycles. The Morgan fingerprint density at radius 2 is 1.66 bits per heavy atom. The summed E-state index contributed by atoms with van der Waals surface area (Å²) in [5, 5.41) is 0.603. The maximum Gasteiger partial charge on any atom is 0.272 e. The zero-order valence-electron chi connectivity index (χ0n) is 15.8. The molecule has 150 valence electrons. The first kappa shape index (κ1) is 19.4. The number of pyridine rings is 1. The number of rotatable bonds is 3. The van der Waals surface area contributed by atoms with Crippen LogP contribution in [0.3, 0.4) is 0 Å². The molecule has 1 aromatic heterocycles. The van der Waals surface area contributed by atoms with Gasteiger partial charge in [0.25, 0.3) is 5.91 Å². The van der Waals surface area contributed by atoms with Crippen molar-refractivity contribution >= 4 is 35.0 Å². The highest BCUT2D eigenvalue weighted by atomic mass is 35.5. The van der Waals surface area contributed by atoms with Crippen molar-refractivity contribution in [1.29, 1.82) is 0 Å². The van der Waals surface area contributed by atoms with Gasteiger partial charge in [0.05, 0.1) is 5.92 Å². The Bertz CT molecular complexity index is 911. The van der Waals surface area contributed by atoms with Crippen molar-refractivity contribution in [3.8, 4) is 0 Å². The number of hydrogen-bond acceptors (Lipinski definition) is 4. The standard InChI is InChI=1S/C21H21ClN4O3/c22-16-4-6-17(7-5-16)26-14-15(13-19(26)27)20(28)24-9-11-25(12-10-24)21(29)18-3-1-2-8-23-18/h1-8,15H,9-14H2. The average Bonchev–Trinajstić information content (AvgIpc) is 3.15. The van der Waals surface area contributed by atoms with Crippen molar-refractivity contribution in [2.75, 3.05) is 37.6 Å². The molecule has 2 saturated heterocycles. The number of benzene rings is 1. The van der Waals surface area contributed by atoms with Gasteiger partial charge in [0.15, 0.2) is 0 Å². The van der Waals surface area contributed by atoms with Gasteiger partial charge < -0.3 is 14.7 Å². The van der Waals surface area contributed by atoms with Crippen LogP contribution in [0, 0.1) is 5.92 Å². The summed E-state index contributed by atoms with van der Waals surface area (Å²) in [6.45, 7) is 2.21. The Balaban J connectivity index is 1.34. The summed E-state index contributed by atoms with van der Waals surface area (Å²) in [6.07, 6.45) is 1.80. The molecule has 1 unspecified atom stereocenters. The SMILES string of the molecule is O=C(c1ccccn1)N1CCN(C(=O)C2CC(=O)N(c3ccc(Cl)cc3)C2)CC1. The normalized spacial score (nSPS) is 19.6. The van der Waals surface area contributed by atoms with Crippen LogP contribution in [0.1, 0.15) is 16.9 Å². The van der Waals surface area contributed by atoms with E-state index in [1.807, 2.05) is 0 Å². The minimum absolute atomic E-state index is 0.0280. The van der Waals surface area contributed by atoms with Gasteiger partial charge in [0.2, 0.25) is 11.8 Å². The van der Waals surface area contributed by atoms with Gasteiger partial charge >= 0.3 is 0 Å². The third kappa shape index (κ3) is 4.10. The molecule has 3 heterocycles. The van der Waals surface area contributed by atoms with Crippen LogP contribution < -0.4 is 4.90 Å². The predicted octanol–water partition coefficient (Wildman–Crippen LogP) is 2.07. The number of nitrogens with zero attached hydrogens (tertiary/aromatic N) is 4. The molecule has 0 radical (unpaired) electrons. The molecular formula is C21H21ClN4O3. The lowest BCUT2D eigenvalue weighted by Gasteiger charge is -2.35. The van der Waals surface area contributed by atoms with Gasteiger partial charge in [-0.3, -0.25) is 19.4 Å². The van der Waals surface area contributed by atoms with Crippen molar-refractivity contribution in [1.82, 2.24) is 14.8 Å². The Morgan fingerprint density at radius 1 is 0.966 bits per heavy atom. The summed E-state index contributed by atoms with van der Waals surface area (Å²) in [4.78, 5) is 47.1. The zero-order chi connectivity index (χ0) is 20.4. The van der Waals surface area contributed by atoms with Gasteiger partial charge in [-0.1, -0.05) is 17.7 Å². The van der Waals surface area contributed by atoms with Crippen LogP contribution in [0.4, 0.5) is 5.69 Å². The van der Waals surface area contributed by atoms with E-state index in [1.54, 1.807) is 63.4 Å². The van der Waals surface area contributed by atoms with Gasteiger partial charge in [-0.25, -0.2) is 0 Å². The fourth-order valence-corrected chi connectivity index (χ4v) is 3.91. The lowest BCUT2D eigenvalue weighted by Crippen LogP contribution is -2.52. The molecule has 4 rings (SSSR count). The van der Waals surface area contributed by atoms with E-state index in [0.29, 0.717) is 43.4 Å². The molecule has 2 fully saturated rings. The van der Waals surface area contributed by atoms with Crippen LogP contribution in [0.5, 0.6) is 0 Å². The first-order valence-corrected chi connectivity index (χ1v) is 9.96. The molecule has 3 amide bonds. The van der Waals surface area contributed by atoms with E-state index < -0.39 is 0 Å². The third-order valence-corrected chi connectivity index (χ3v) is 5.63. The minimum Gasteiger partial charge on any atom is -0.339 e. The molecule has 8 heteroatoms. The Morgan fingerprint density at radius 3 is 2.31 bits per heavy atom. The molecule has 0 bridgehead atoms. The van der Waals surface area contributed by atoms with Gasteiger partial charge in [-0.15, -0.1) is 0 Å². The van der Waals surface area contributed by atoms with Crippen molar-refractivity contribution in [2.45, 2.75) is 6.42 Å². The lowest BCUT2D eigenvalue weighted by atomic mass is 10.1. The van der Waals surface area contributed by atoms with E-state index in [1.165, 1.54) is 0 Å². The van der Waals surface area contributed by atoms with E-state index in [-0.39, 0.29) is 30.1 Å². The molecule has 0 aliphatic carbocycles. The largest absolute Gasteiger partial charge is 0.339 e. The molecule has 2 aliphatic rings. The van der Waals surface area contributed by atoms with Gasteiger partial charge in [0.1, 0.15) is 5.69 Å². The number of anilines is 1. The highest BCUT2D eigenvalue weighted by Crippen LogP contribution is 2.27. The molecule has 7 nitrogen and oxygen atoms in total. The first-order chi connectivity index (χ1) is 14.0. The highest BCUT2D eigenvalue weighted by Gasteiger charge is 2.38. The van der Waals surface area contributed by atoms with Crippen LogP contribution in [-0.2, 0) is 9.59 Å². The van der Waals surface area contributed by atoms with Crippen molar-refractivity contribution in [3.63, 3.8) is 0 Å². The summed E-state index contributed by atoms with van der Waals surface area (Å²) >= 11 is 5.91. The van der Waals surface area contributed by atoms with E-state index in [9.17, 15) is 14.4 Å². The molecule has 2 aliphatic heterocycles. The fraction of sp³-hybridized carbons (Fsp3) is 0.333. The quantitative estimate of drug-likeness (QED) is 0.773. The summed E-state index contributed by atoms with van der Waals surface area (Å²) in [5.41, 5.74) is 1.16. The maximum atomic E-state index is 12.9. The van der Waals surface area contributed by atoms with Crippen LogP contribution >= 0.6 is 11.6 Å². The summed E-state index contributed by atoms with van der Waals surface area (Å²) in [6, 6.07) is 12.3. The topological polar surface area (TPSA) is 73.8 Å². The van der Waals surface area contributed by atoms with Crippen LogP contribution in [0.25, 0.3) is 0 Å². The number of aromatic nitrogens is 1. The van der Waals surface area contributed by atoms with E-state index in [2.05, 4.69) is 4.98 Å². The average molecular weight is 413 g/mol. The second kappa shape index (κ2) is 8.21. The lowest BCUT2D eigenvalue weighted by molar-refractivity contribution is -0.137. The van der Waals surface area contributed by atoms with E-state index in [0.717, 1.165) is 5.69 Å². The highest BCUT2D eigenvalue weighted by molar-refractivity contribution is 6.30. The smallest absolute Gasteiger partial charge is 0.272 e. The van der Waals surface area contributed by atoms with E-state index in [4.69, 9.17) is 11.6 Å². The minimum atomic E-state index is -0.365. The number of halogens is 1. The molecule has 0 saturated carbocycles. The molecule has 1 atom stereocenters. The van der Waals surface area contributed by atoms with Gasteiger partial charge in [-0.2, -0.15) is 0 Å². The summed E-state index contributed by atoms with van der Waals surface area (Å²) in [7, 11) is 0.